The monoisotopic (exact) mass is 441 g/mol. The first-order chi connectivity index (χ1) is 14.3. The van der Waals surface area contributed by atoms with Gasteiger partial charge in [-0.05, 0) is 50.3 Å². The minimum atomic E-state index is -0.305. The summed E-state index contributed by atoms with van der Waals surface area (Å²) < 4.78 is 1.57. The van der Waals surface area contributed by atoms with Gasteiger partial charge in [0.15, 0.2) is 5.16 Å². The van der Waals surface area contributed by atoms with Crippen LogP contribution in [-0.2, 0) is 11.8 Å². The number of hydrogen-bond acceptors (Lipinski definition) is 5. The highest BCUT2D eigenvalue weighted by molar-refractivity contribution is 8.00. The number of carbonyl (C=O) groups excluding carboxylic acids is 1. The molecule has 30 heavy (non-hydrogen) atoms. The average molecular weight is 442 g/mol. The number of nitrogens with zero attached hydrogens (tertiary/aromatic N) is 2. The molecule has 1 aliphatic carbocycles. The molecule has 1 saturated carbocycles. The van der Waals surface area contributed by atoms with Gasteiger partial charge in [-0.2, -0.15) is 0 Å². The van der Waals surface area contributed by atoms with Crippen molar-refractivity contribution in [2.75, 3.05) is 0 Å². The van der Waals surface area contributed by atoms with Crippen LogP contribution in [0, 0.1) is 13.8 Å². The second kappa shape index (κ2) is 8.55. The van der Waals surface area contributed by atoms with Gasteiger partial charge in [0.25, 0.3) is 5.56 Å². The molecule has 1 aliphatic rings. The smallest absolute Gasteiger partial charge is 0.263 e. The molecule has 158 valence electrons. The minimum Gasteiger partial charge on any atom is -0.352 e. The molecule has 5 nitrogen and oxygen atoms in total. The quantitative estimate of drug-likeness (QED) is 0.455. The predicted octanol–water partition coefficient (Wildman–Crippen LogP) is 4.82. The minimum absolute atomic E-state index is 0.0169. The molecule has 0 radical (unpaired) electrons. The van der Waals surface area contributed by atoms with Crippen molar-refractivity contribution in [3.05, 3.63) is 45.1 Å². The molecular formula is C23H27N3O2S2. The van der Waals surface area contributed by atoms with Crippen LogP contribution >= 0.6 is 23.1 Å². The molecule has 1 unspecified atom stereocenters. The Hall–Kier alpha value is -2.12. The van der Waals surface area contributed by atoms with Gasteiger partial charge in [-0.25, -0.2) is 4.98 Å². The number of aryl methyl sites for hydroxylation is 2. The van der Waals surface area contributed by atoms with Crippen molar-refractivity contribution >= 4 is 39.2 Å². The van der Waals surface area contributed by atoms with Crippen LogP contribution in [0.25, 0.3) is 21.3 Å². The zero-order valence-electron chi connectivity index (χ0n) is 17.8. The first kappa shape index (κ1) is 21.1. The second-order valence-electron chi connectivity index (χ2n) is 8.14. The molecule has 0 bridgehead atoms. The molecule has 2 aromatic heterocycles. The van der Waals surface area contributed by atoms with Gasteiger partial charge in [-0.15, -0.1) is 11.3 Å². The van der Waals surface area contributed by atoms with Crippen molar-refractivity contribution in [2.24, 2.45) is 7.05 Å². The van der Waals surface area contributed by atoms with Crippen molar-refractivity contribution < 1.29 is 4.79 Å². The molecule has 0 aliphatic heterocycles. The third-order valence-corrected chi connectivity index (χ3v) is 7.96. The Morgan fingerprint density at radius 1 is 1.27 bits per heavy atom. The van der Waals surface area contributed by atoms with Crippen molar-refractivity contribution in [3.8, 4) is 11.1 Å². The Morgan fingerprint density at radius 2 is 2.00 bits per heavy atom. The van der Waals surface area contributed by atoms with E-state index in [9.17, 15) is 9.59 Å². The summed E-state index contributed by atoms with van der Waals surface area (Å²) in [6.45, 7) is 6.04. The van der Waals surface area contributed by atoms with E-state index in [1.807, 2.05) is 12.3 Å². The highest BCUT2D eigenvalue weighted by Crippen LogP contribution is 2.33. The van der Waals surface area contributed by atoms with Crippen LogP contribution in [0.1, 0.15) is 43.7 Å². The number of carbonyl (C=O) groups is 1. The van der Waals surface area contributed by atoms with Gasteiger partial charge in [0, 0.05) is 24.0 Å². The molecule has 1 aromatic carbocycles. The number of rotatable bonds is 5. The first-order valence-corrected chi connectivity index (χ1v) is 12.1. The van der Waals surface area contributed by atoms with Gasteiger partial charge in [0.05, 0.1) is 10.6 Å². The van der Waals surface area contributed by atoms with Crippen molar-refractivity contribution in [3.63, 3.8) is 0 Å². The van der Waals surface area contributed by atoms with E-state index in [2.05, 4.69) is 37.4 Å². The summed E-state index contributed by atoms with van der Waals surface area (Å²) in [5.41, 5.74) is 4.32. The normalized spacial score (nSPS) is 15.6. The zero-order chi connectivity index (χ0) is 21.4. The lowest BCUT2D eigenvalue weighted by Crippen LogP contribution is -2.38. The summed E-state index contributed by atoms with van der Waals surface area (Å²) in [6, 6.07) is 6.55. The fourth-order valence-electron chi connectivity index (χ4n) is 3.88. The molecule has 2 heterocycles. The second-order valence-corrected chi connectivity index (χ2v) is 10.3. The van der Waals surface area contributed by atoms with E-state index in [4.69, 9.17) is 4.98 Å². The van der Waals surface area contributed by atoms with Gasteiger partial charge in [0.1, 0.15) is 4.83 Å². The highest BCUT2D eigenvalue weighted by atomic mass is 32.2. The molecule has 1 atom stereocenters. The van der Waals surface area contributed by atoms with Crippen LogP contribution in [0.5, 0.6) is 0 Å². The summed E-state index contributed by atoms with van der Waals surface area (Å²) in [6.07, 6.45) is 4.48. The average Bonchev–Trinajstić information content (AvgIpc) is 3.37. The Bertz CT molecular complexity index is 1160. The Balaban J connectivity index is 1.63. The topological polar surface area (TPSA) is 64.0 Å². The summed E-state index contributed by atoms with van der Waals surface area (Å²) in [5.74, 6) is 0.0169. The predicted molar refractivity (Wildman–Crippen MR) is 125 cm³/mol. The third kappa shape index (κ3) is 4.05. The summed E-state index contributed by atoms with van der Waals surface area (Å²) >= 11 is 2.83. The van der Waals surface area contributed by atoms with E-state index in [0.717, 1.165) is 28.8 Å². The van der Waals surface area contributed by atoms with E-state index in [1.54, 1.807) is 11.6 Å². The summed E-state index contributed by atoms with van der Waals surface area (Å²) in [4.78, 5) is 31.2. The number of nitrogens with one attached hydrogen (secondary N) is 1. The molecule has 3 aromatic rings. The molecule has 1 fully saturated rings. The summed E-state index contributed by atoms with van der Waals surface area (Å²) in [7, 11) is 1.74. The lowest BCUT2D eigenvalue weighted by molar-refractivity contribution is -0.120. The fourth-order valence-corrected chi connectivity index (χ4v) is 5.75. The Kier molecular flexibility index (Phi) is 6.02. The number of thioether (sulfide) groups is 1. The molecule has 1 N–H and O–H groups in total. The molecule has 7 heteroatoms. The standard InChI is InChI=1S/C23H27N3O2S2/c1-13-9-10-16(11-14(13)2)18-12-29-21-19(18)22(28)26(4)23(25-21)30-15(3)20(27)24-17-7-5-6-8-17/h9-12,15,17H,5-8H2,1-4H3,(H,24,27). The molecule has 4 rings (SSSR count). The van der Waals surface area contributed by atoms with Crippen LogP contribution in [0.4, 0.5) is 0 Å². The number of amides is 1. The number of benzene rings is 1. The van der Waals surface area contributed by atoms with Crippen LogP contribution < -0.4 is 10.9 Å². The molecule has 0 saturated heterocycles. The van der Waals surface area contributed by atoms with Gasteiger partial charge < -0.3 is 5.32 Å². The maximum Gasteiger partial charge on any atom is 0.263 e. The SMILES string of the molecule is Cc1ccc(-c2csc3nc(SC(C)C(=O)NC4CCCC4)n(C)c(=O)c23)cc1C. The van der Waals surface area contributed by atoms with Crippen LogP contribution in [0.2, 0.25) is 0 Å². The Morgan fingerprint density at radius 3 is 2.70 bits per heavy atom. The number of aromatic nitrogens is 2. The van der Waals surface area contributed by atoms with E-state index < -0.39 is 0 Å². The zero-order valence-corrected chi connectivity index (χ0v) is 19.5. The van der Waals surface area contributed by atoms with Crippen molar-refractivity contribution in [1.29, 1.82) is 0 Å². The fraction of sp³-hybridized carbons (Fsp3) is 0.435. The van der Waals surface area contributed by atoms with Gasteiger partial charge in [-0.1, -0.05) is 42.8 Å². The molecule has 0 spiro atoms. The van der Waals surface area contributed by atoms with Crippen LogP contribution in [0.3, 0.4) is 0 Å². The van der Waals surface area contributed by atoms with Crippen LogP contribution in [0.15, 0.2) is 33.5 Å². The maximum absolute atomic E-state index is 13.2. The third-order valence-electron chi connectivity index (χ3n) is 5.95. The number of hydrogen-bond donors (Lipinski definition) is 1. The lowest BCUT2D eigenvalue weighted by Gasteiger charge is -2.17. The van der Waals surface area contributed by atoms with Gasteiger partial charge in [-0.3, -0.25) is 14.2 Å². The Labute approximate surface area is 184 Å². The summed E-state index contributed by atoms with van der Waals surface area (Å²) in [5, 5.41) is 6.07. The number of thiophene rings is 1. The molecular weight excluding hydrogens is 414 g/mol. The van der Waals surface area contributed by atoms with E-state index in [-0.39, 0.29) is 22.8 Å². The largest absolute Gasteiger partial charge is 0.352 e. The van der Waals surface area contributed by atoms with E-state index >= 15 is 0 Å². The number of fused-ring (bicyclic) bond motifs is 1. The lowest BCUT2D eigenvalue weighted by atomic mass is 10.0. The molecule has 1 amide bonds. The van der Waals surface area contributed by atoms with E-state index in [1.165, 1.54) is 47.1 Å². The first-order valence-electron chi connectivity index (χ1n) is 10.4. The maximum atomic E-state index is 13.2. The highest BCUT2D eigenvalue weighted by Gasteiger charge is 2.23. The van der Waals surface area contributed by atoms with Gasteiger partial charge >= 0.3 is 0 Å². The van der Waals surface area contributed by atoms with Crippen molar-refractivity contribution in [2.45, 2.75) is 62.9 Å². The van der Waals surface area contributed by atoms with Crippen molar-refractivity contribution in [1.82, 2.24) is 14.9 Å². The van der Waals surface area contributed by atoms with Crippen LogP contribution in [-0.4, -0.2) is 26.8 Å². The van der Waals surface area contributed by atoms with Gasteiger partial charge in [0.2, 0.25) is 5.91 Å². The van der Waals surface area contributed by atoms with E-state index in [0.29, 0.717) is 10.5 Å².